The Hall–Kier alpha value is -3.82. The van der Waals surface area contributed by atoms with Crippen LogP contribution in [0.2, 0.25) is 0 Å². The molecule has 0 atom stereocenters. The molecule has 1 amide bonds. The first kappa shape index (κ1) is 23.9. The van der Waals surface area contributed by atoms with E-state index in [-0.39, 0.29) is 18.0 Å². The molecular formula is C26H25F3N4O3. The fourth-order valence-electron chi connectivity index (χ4n) is 4.43. The third-order valence-electron chi connectivity index (χ3n) is 6.42. The van der Waals surface area contributed by atoms with Crippen LogP contribution in [0.3, 0.4) is 0 Å². The first-order valence-electron chi connectivity index (χ1n) is 11.7. The van der Waals surface area contributed by atoms with E-state index in [4.69, 9.17) is 19.4 Å². The Bertz CT molecular complexity index is 1240. The zero-order valence-electron chi connectivity index (χ0n) is 19.7. The molecule has 10 heteroatoms. The van der Waals surface area contributed by atoms with Crippen LogP contribution in [0.5, 0.6) is 17.4 Å². The number of carbonyl (C=O) groups is 1. The van der Waals surface area contributed by atoms with Gasteiger partial charge in [-0.05, 0) is 61.4 Å². The van der Waals surface area contributed by atoms with E-state index in [1.165, 1.54) is 12.1 Å². The average molecular weight is 499 g/mol. The molecule has 0 saturated carbocycles. The summed E-state index contributed by atoms with van der Waals surface area (Å²) in [6, 6.07) is 11.4. The van der Waals surface area contributed by atoms with Crippen LogP contribution < -0.4 is 14.4 Å². The lowest BCUT2D eigenvalue weighted by Gasteiger charge is -2.30. The largest absolute Gasteiger partial charge is 0.497 e. The smallest absolute Gasteiger partial charge is 0.416 e. The predicted molar refractivity (Wildman–Crippen MR) is 126 cm³/mol. The minimum atomic E-state index is -4.45. The minimum absolute atomic E-state index is 0.193. The van der Waals surface area contributed by atoms with E-state index in [2.05, 4.69) is 4.90 Å². The van der Waals surface area contributed by atoms with E-state index < -0.39 is 11.7 Å². The molecule has 3 heterocycles. The van der Waals surface area contributed by atoms with E-state index in [9.17, 15) is 18.0 Å². The Balaban J connectivity index is 1.43. The summed E-state index contributed by atoms with van der Waals surface area (Å²) in [5.74, 6) is 1.89. The number of alkyl halides is 3. The van der Waals surface area contributed by atoms with E-state index in [1.54, 1.807) is 36.3 Å². The number of anilines is 1. The van der Waals surface area contributed by atoms with Gasteiger partial charge in [-0.25, -0.2) is 4.98 Å². The van der Waals surface area contributed by atoms with Gasteiger partial charge in [0.25, 0.3) is 5.91 Å². The molecule has 0 bridgehead atoms. The molecule has 2 aliphatic rings. The fourth-order valence-corrected chi connectivity index (χ4v) is 4.43. The van der Waals surface area contributed by atoms with Gasteiger partial charge in [0.2, 0.25) is 11.8 Å². The van der Waals surface area contributed by atoms with Gasteiger partial charge in [-0.2, -0.15) is 18.2 Å². The molecule has 2 aliphatic heterocycles. The van der Waals surface area contributed by atoms with Crippen LogP contribution in [0.25, 0.3) is 0 Å². The highest BCUT2D eigenvalue weighted by Crippen LogP contribution is 2.34. The van der Waals surface area contributed by atoms with Gasteiger partial charge >= 0.3 is 6.18 Å². The Labute approximate surface area is 206 Å². The highest BCUT2D eigenvalue weighted by atomic mass is 19.4. The number of rotatable bonds is 5. The van der Waals surface area contributed by atoms with Crippen molar-refractivity contribution >= 4 is 11.9 Å². The van der Waals surface area contributed by atoms with Crippen LogP contribution in [0, 0.1) is 0 Å². The molecule has 1 aromatic heterocycles. The summed E-state index contributed by atoms with van der Waals surface area (Å²) < 4.78 is 50.1. The molecule has 0 aliphatic carbocycles. The second-order valence-corrected chi connectivity index (χ2v) is 8.78. The van der Waals surface area contributed by atoms with Crippen LogP contribution in [-0.4, -0.2) is 47.5 Å². The van der Waals surface area contributed by atoms with Crippen molar-refractivity contribution in [1.82, 2.24) is 14.9 Å². The molecule has 3 aromatic rings. The maximum atomic E-state index is 13.1. The Kier molecular flexibility index (Phi) is 6.42. The van der Waals surface area contributed by atoms with Gasteiger partial charge in [0, 0.05) is 31.6 Å². The lowest BCUT2D eigenvalue weighted by molar-refractivity contribution is -0.137. The van der Waals surface area contributed by atoms with Gasteiger partial charge in [-0.3, -0.25) is 4.79 Å². The fraction of sp³-hybridized carbons (Fsp3) is 0.346. The number of amides is 1. The SMILES string of the molecule is COc1ccc(Oc2nc(N3CCCC3)nc3c2CN(C(=O)c2ccc(C(F)(F)F)cc2)CC3)cc1. The van der Waals surface area contributed by atoms with Crippen molar-refractivity contribution in [2.45, 2.75) is 32.0 Å². The summed E-state index contributed by atoms with van der Waals surface area (Å²) in [4.78, 5) is 26.3. The molecule has 1 fully saturated rings. The number of nitrogens with zero attached hydrogens (tertiary/aromatic N) is 4. The highest BCUT2D eigenvalue weighted by molar-refractivity contribution is 5.94. The summed E-state index contributed by atoms with van der Waals surface area (Å²) in [5.41, 5.74) is 0.909. The topological polar surface area (TPSA) is 67.8 Å². The Morgan fingerprint density at radius 2 is 1.58 bits per heavy atom. The summed E-state index contributed by atoms with van der Waals surface area (Å²) in [6.07, 6.45) is -1.82. The maximum Gasteiger partial charge on any atom is 0.416 e. The Morgan fingerprint density at radius 1 is 0.917 bits per heavy atom. The van der Waals surface area contributed by atoms with Gasteiger partial charge in [-0.1, -0.05) is 0 Å². The number of aromatic nitrogens is 2. The summed E-state index contributed by atoms with van der Waals surface area (Å²) >= 11 is 0. The quantitative estimate of drug-likeness (QED) is 0.488. The van der Waals surface area contributed by atoms with Crippen LogP contribution in [0.4, 0.5) is 19.1 Å². The first-order valence-corrected chi connectivity index (χ1v) is 11.7. The van der Waals surface area contributed by atoms with Crippen molar-refractivity contribution in [3.8, 4) is 17.4 Å². The van der Waals surface area contributed by atoms with Crippen molar-refractivity contribution in [2.75, 3.05) is 31.6 Å². The molecule has 188 valence electrons. The van der Waals surface area contributed by atoms with Crippen LogP contribution in [0.15, 0.2) is 48.5 Å². The molecule has 0 N–H and O–H groups in total. The van der Waals surface area contributed by atoms with Crippen molar-refractivity contribution in [3.63, 3.8) is 0 Å². The molecule has 0 unspecified atom stereocenters. The lowest BCUT2D eigenvalue weighted by Crippen LogP contribution is -2.37. The molecule has 2 aromatic carbocycles. The number of hydrogen-bond acceptors (Lipinski definition) is 6. The molecule has 0 radical (unpaired) electrons. The number of methoxy groups -OCH3 is 1. The third-order valence-corrected chi connectivity index (χ3v) is 6.42. The number of fused-ring (bicyclic) bond motifs is 1. The van der Waals surface area contributed by atoms with Crippen LogP contribution in [-0.2, 0) is 19.1 Å². The van der Waals surface area contributed by atoms with Crippen molar-refractivity contribution in [1.29, 1.82) is 0 Å². The average Bonchev–Trinajstić information content (AvgIpc) is 3.43. The molecule has 5 rings (SSSR count). The number of ether oxygens (including phenoxy) is 2. The van der Waals surface area contributed by atoms with Gasteiger partial charge < -0.3 is 19.3 Å². The molecule has 36 heavy (non-hydrogen) atoms. The van der Waals surface area contributed by atoms with E-state index in [0.29, 0.717) is 41.9 Å². The molecule has 0 spiro atoms. The normalized spacial score (nSPS) is 15.6. The second-order valence-electron chi connectivity index (χ2n) is 8.78. The molecule has 1 saturated heterocycles. The van der Waals surface area contributed by atoms with Crippen molar-refractivity contribution in [2.24, 2.45) is 0 Å². The zero-order chi connectivity index (χ0) is 25.3. The van der Waals surface area contributed by atoms with Gasteiger partial charge in [0.1, 0.15) is 11.5 Å². The number of carbonyl (C=O) groups excluding carboxylic acids is 1. The van der Waals surface area contributed by atoms with E-state index in [0.717, 1.165) is 43.8 Å². The van der Waals surface area contributed by atoms with Crippen LogP contribution in [0.1, 0.15) is 40.0 Å². The summed E-state index contributed by atoms with van der Waals surface area (Å²) in [5, 5.41) is 0. The minimum Gasteiger partial charge on any atom is -0.497 e. The first-order chi connectivity index (χ1) is 17.3. The zero-order valence-corrected chi connectivity index (χ0v) is 19.7. The van der Waals surface area contributed by atoms with Crippen molar-refractivity contribution < 1.29 is 27.4 Å². The van der Waals surface area contributed by atoms with Crippen molar-refractivity contribution in [3.05, 3.63) is 70.9 Å². The Morgan fingerprint density at radius 3 is 2.22 bits per heavy atom. The second kappa shape index (κ2) is 9.67. The predicted octanol–water partition coefficient (Wildman–Crippen LogP) is 5.10. The number of hydrogen-bond donors (Lipinski definition) is 0. The van der Waals surface area contributed by atoms with Crippen LogP contribution >= 0.6 is 0 Å². The standard InChI is InChI=1S/C26H25F3N4O3/c1-35-19-8-10-20(11-9-19)36-23-21-16-33(24(34)17-4-6-18(7-5-17)26(27,28)29)15-12-22(21)30-25(31-23)32-13-2-3-14-32/h4-11H,2-3,12-16H2,1H3. The monoisotopic (exact) mass is 498 g/mol. The number of benzene rings is 2. The number of halogens is 3. The lowest BCUT2D eigenvalue weighted by atomic mass is 10.0. The van der Waals surface area contributed by atoms with E-state index >= 15 is 0 Å². The van der Waals surface area contributed by atoms with Gasteiger partial charge in [0.15, 0.2) is 0 Å². The molecular weight excluding hydrogens is 473 g/mol. The molecule has 7 nitrogen and oxygen atoms in total. The van der Waals surface area contributed by atoms with E-state index in [1.807, 2.05) is 0 Å². The summed E-state index contributed by atoms with van der Waals surface area (Å²) in [7, 11) is 1.58. The van der Waals surface area contributed by atoms with Gasteiger partial charge in [0.05, 0.1) is 30.5 Å². The highest BCUT2D eigenvalue weighted by Gasteiger charge is 2.32. The summed E-state index contributed by atoms with van der Waals surface area (Å²) in [6.45, 7) is 2.34. The maximum absolute atomic E-state index is 13.1. The third kappa shape index (κ3) is 4.93. The van der Waals surface area contributed by atoms with Gasteiger partial charge in [-0.15, -0.1) is 0 Å².